The molecule has 2 aromatic rings. The molecule has 0 bridgehead atoms. The van der Waals surface area contributed by atoms with Gasteiger partial charge in [0.15, 0.2) is 0 Å². The third-order valence-electron chi connectivity index (χ3n) is 5.34. The molecule has 0 fully saturated rings. The van der Waals surface area contributed by atoms with Gasteiger partial charge in [-0.05, 0) is 25.5 Å². The van der Waals surface area contributed by atoms with Crippen LogP contribution in [0.4, 0.5) is 4.79 Å². The Labute approximate surface area is 210 Å². The largest absolute Gasteiger partial charge is 0.509 e. The summed E-state index contributed by atoms with van der Waals surface area (Å²) in [7, 11) is 0. The number of carboxylic acids is 1. The number of hydrogen-bond donors (Lipinski definition) is 2. The van der Waals surface area contributed by atoms with Gasteiger partial charge in [0.2, 0.25) is 5.60 Å². The van der Waals surface area contributed by atoms with Crippen molar-refractivity contribution in [2.45, 2.75) is 45.0 Å². The van der Waals surface area contributed by atoms with Gasteiger partial charge in [-0.3, -0.25) is 9.97 Å². The van der Waals surface area contributed by atoms with Gasteiger partial charge in [0, 0.05) is 42.8 Å². The Bertz CT molecular complexity index is 1190. The SMILES string of the molecule is CC1(OC(=O)O)CC(c2cncc(Cl)c2)=NO1.CCC1C(c2cncc(Cl)c2)=NOC1(C)C(=O)O. The number of ether oxygens (including phenoxy) is 1. The molecule has 0 radical (unpaired) electrons. The van der Waals surface area contributed by atoms with Gasteiger partial charge in [-0.1, -0.05) is 40.4 Å². The van der Waals surface area contributed by atoms with E-state index in [0.29, 0.717) is 39.0 Å². The van der Waals surface area contributed by atoms with E-state index in [-0.39, 0.29) is 12.3 Å². The van der Waals surface area contributed by atoms with Crippen molar-refractivity contribution in [3.8, 4) is 0 Å². The van der Waals surface area contributed by atoms with E-state index in [9.17, 15) is 14.7 Å². The van der Waals surface area contributed by atoms with Crippen molar-refractivity contribution in [2.75, 3.05) is 0 Å². The molecule has 2 aromatic heterocycles. The van der Waals surface area contributed by atoms with Gasteiger partial charge in [-0.2, -0.15) is 0 Å². The molecule has 2 aliphatic rings. The monoisotopic (exact) mass is 524 g/mol. The van der Waals surface area contributed by atoms with E-state index in [2.05, 4.69) is 25.0 Å². The normalized spacial score (nSPS) is 24.8. The van der Waals surface area contributed by atoms with Crippen molar-refractivity contribution in [1.82, 2.24) is 9.97 Å². The molecule has 0 aliphatic carbocycles. The van der Waals surface area contributed by atoms with Crippen LogP contribution in [0.5, 0.6) is 0 Å². The minimum Gasteiger partial charge on any atom is -0.478 e. The number of hydrogen-bond acceptors (Lipinski definition) is 9. The fraction of sp³-hybridized carbons (Fsp3) is 0.364. The lowest BCUT2D eigenvalue weighted by atomic mass is 9.82. The van der Waals surface area contributed by atoms with E-state index in [1.807, 2.05) is 6.92 Å². The number of rotatable bonds is 5. The summed E-state index contributed by atoms with van der Waals surface area (Å²) in [5.74, 6) is -2.64. The van der Waals surface area contributed by atoms with Gasteiger partial charge in [0.25, 0.3) is 5.79 Å². The van der Waals surface area contributed by atoms with E-state index in [0.717, 1.165) is 0 Å². The summed E-state index contributed by atoms with van der Waals surface area (Å²) in [6, 6.07) is 3.37. The summed E-state index contributed by atoms with van der Waals surface area (Å²) in [5, 5.41) is 26.5. The maximum absolute atomic E-state index is 11.3. The number of carboxylic acid groups (broad SMARTS) is 2. The summed E-state index contributed by atoms with van der Waals surface area (Å²) in [6.45, 7) is 4.92. The van der Waals surface area contributed by atoms with E-state index < -0.39 is 23.5 Å². The van der Waals surface area contributed by atoms with Crippen molar-refractivity contribution in [1.29, 1.82) is 0 Å². The number of aliphatic carboxylic acids is 1. The Balaban J connectivity index is 0.000000196. The molecule has 13 heteroatoms. The van der Waals surface area contributed by atoms with Crippen LogP contribution in [0.2, 0.25) is 10.0 Å². The lowest BCUT2D eigenvalue weighted by Crippen LogP contribution is -2.43. The van der Waals surface area contributed by atoms with Crippen LogP contribution in [-0.2, 0) is 19.2 Å². The molecule has 3 atom stereocenters. The maximum Gasteiger partial charge on any atom is 0.509 e. The highest BCUT2D eigenvalue weighted by Gasteiger charge is 2.51. The topological polar surface area (TPSA) is 153 Å². The van der Waals surface area contributed by atoms with Crippen molar-refractivity contribution in [3.05, 3.63) is 58.1 Å². The van der Waals surface area contributed by atoms with Gasteiger partial charge in [-0.15, -0.1) is 0 Å². The third-order valence-corrected chi connectivity index (χ3v) is 5.75. The van der Waals surface area contributed by atoms with E-state index in [4.69, 9.17) is 38.0 Å². The van der Waals surface area contributed by atoms with Crippen molar-refractivity contribution < 1.29 is 34.2 Å². The van der Waals surface area contributed by atoms with Crippen LogP contribution in [0.1, 0.15) is 44.7 Å². The molecule has 186 valence electrons. The number of oxime groups is 2. The second-order valence-electron chi connectivity index (χ2n) is 8.03. The minimum atomic E-state index is -1.41. The van der Waals surface area contributed by atoms with Crippen LogP contribution in [0, 0.1) is 5.92 Å². The Morgan fingerprint density at radius 2 is 1.63 bits per heavy atom. The predicted octanol–water partition coefficient (Wildman–Crippen LogP) is 4.61. The number of aromatic nitrogens is 2. The molecule has 2 N–H and O–H groups in total. The molecule has 0 spiro atoms. The molecule has 0 saturated carbocycles. The molecule has 2 aliphatic heterocycles. The van der Waals surface area contributed by atoms with E-state index in [1.165, 1.54) is 26.2 Å². The van der Waals surface area contributed by atoms with E-state index >= 15 is 0 Å². The first kappa shape index (κ1) is 26.2. The highest BCUT2D eigenvalue weighted by molar-refractivity contribution is 6.31. The Morgan fingerprint density at radius 3 is 2.17 bits per heavy atom. The van der Waals surface area contributed by atoms with Crippen LogP contribution < -0.4 is 0 Å². The molecule has 3 unspecified atom stereocenters. The predicted molar refractivity (Wildman–Crippen MR) is 126 cm³/mol. The zero-order chi connectivity index (χ0) is 25.8. The summed E-state index contributed by atoms with van der Waals surface area (Å²) in [6.07, 6.45) is 5.58. The summed E-state index contributed by atoms with van der Waals surface area (Å²) < 4.78 is 4.61. The smallest absolute Gasteiger partial charge is 0.478 e. The second-order valence-corrected chi connectivity index (χ2v) is 8.91. The van der Waals surface area contributed by atoms with Gasteiger partial charge in [0.05, 0.1) is 33.8 Å². The highest BCUT2D eigenvalue weighted by atomic mass is 35.5. The molecule has 11 nitrogen and oxygen atoms in total. The molecule has 4 rings (SSSR count). The van der Waals surface area contributed by atoms with Crippen molar-refractivity contribution >= 4 is 46.7 Å². The Hall–Kier alpha value is -3.44. The molecule has 35 heavy (non-hydrogen) atoms. The number of carbonyl (C=O) groups is 2. The summed E-state index contributed by atoms with van der Waals surface area (Å²) in [4.78, 5) is 39.8. The zero-order valence-corrected chi connectivity index (χ0v) is 20.4. The van der Waals surface area contributed by atoms with Crippen molar-refractivity contribution in [3.63, 3.8) is 0 Å². The molecule has 4 heterocycles. The molecule has 0 amide bonds. The lowest BCUT2D eigenvalue weighted by Gasteiger charge is -2.23. The molecule has 0 saturated heterocycles. The fourth-order valence-electron chi connectivity index (χ4n) is 3.59. The van der Waals surface area contributed by atoms with Crippen LogP contribution in [0.15, 0.2) is 47.2 Å². The van der Waals surface area contributed by atoms with Crippen LogP contribution in [0.3, 0.4) is 0 Å². The minimum absolute atomic E-state index is 0.210. The third kappa shape index (κ3) is 5.98. The number of pyridine rings is 2. The van der Waals surface area contributed by atoms with Crippen LogP contribution >= 0.6 is 23.2 Å². The fourth-order valence-corrected chi connectivity index (χ4v) is 3.94. The molecule has 0 aromatic carbocycles. The standard InChI is InChI=1S/C12H13ClN2O3.C10H9ClN2O4/c1-3-9-10(7-4-8(13)6-14-5-7)15-18-12(9,2)11(16)17;1-10(16-9(14)15)3-8(13-17-10)6-2-7(11)5-12-4-6/h4-6,9H,3H2,1-2H3,(H,16,17);2,4-5H,3H2,1H3,(H,14,15). The average Bonchev–Trinajstić information content (AvgIpc) is 3.34. The average molecular weight is 525 g/mol. The quantitative estimate of drug-likeness (QED) is 0.533. The molecular weight excluding hydrogens is 503 g/mol. The zero-order valence-electron chi connectivity index (χ0n) is 18.9. The van der Waals surface area contributed by atoms with Gasteiger partial charge >= 0.3 is 12.1 Å². The van der Waals surface area contributed by atoms with E-state index in [1.54, 1.807) is 24.5 Å². The number of nitrogens with zero attached hydrogens (tertiary/aromatic N) is 4. The first-order chi connectivity index (χ1) is 16.5. The summed E-state index contributed by atoms with van der Waals surface area (Å²) >= 11 is 11.7. The van der Waals surface area contributed by atoms with Gasteiger partial charge in [0.1, 0.15) is 0 Å². The van der Waals surface area contributed by atoms with Crippen LogP contribution in [0.25, 0.3) is 0 Å². The Kier molecular flexibility index (Phi) is 7.81. The second kappa shape index (κ2) is 10.4. The number of halogens is 2. The first-order valence-corrected chi connectivity index (χ1v) is 11.1. The highest BCUT2D eigenvalue weighted by Crippen LogP contribution is 2.35. The summed E-state index contributed by atoms with van der Waals surface area (Å²) in [5.41, 5.74) is 1.17. The van der Waals surface area contributed by atoms with Gasteiger partial charge in [-0.25, -0.2) is 9.59 Å². The molecular formula is C22H22Cl2N4O7. The Morgan fingerprint density at radius 1 is 1.03 bits per heavy atom. The van der Waals surface area contributed by atoms with Crippen molar-refractivity contribution in [2.24, 2.45) is 16.2 Å². The first-order valence-electron chi connectivity index (χ1n) is 10.4. The lowest BCUT2D eigenvalue weighted by molar-refractivity contribution is -0.180. The maximum atomic E-state index is 11.3. The van der Waals surface area contributed by atoms with Crippen LogP contribution in [-0.4, -0.2) is 55.1 Å². The van der Waals surface area contributed by atoms with Gasteiger partial charge < -0.3 is 24.6 Å².